The molecule has 0 aliphatic rings. The summed E-state index contributed by atoms with van der Waals surface area (Å²) < 4.78 is 35.3. The van der Waals surface area contributed by atoms with Crippen LogP contribution >= 0.6 is 39.1 Å². The van der Waals surface area contributed by atoms with Crippen LogP contribution in [0.5, 0.6) is 5.75 Å². The number of hydrogen-bond donors (Lipinski definition) is 1. The quantitative estimate of drug-likeness (QED) is 0.193. The van der Waals surface area contributed by atoms with Gasteiger partial charge in [0.2, 0.25) is 11.8 Å². The van der Waals surface area contributed by atoms with Crippen molar-refractivity contribution in [1.29, 1.82) is 0 Å². The molecule has 3 aromatic rings. The third-order valence-corrected chi connectivity index (χ3v) is 9.76. The highest BCUT2D eigenvalue weighted by Gasteiger charge is 2.34. The van der Waals surface area contributed by atoms with E-state index in [4.69, 9.17) is 27.9 Å². The van der Waals surface area contributed by atoms with Crippen molar-refractivity contribution in [2.45, 2.75) is 64.1 Å². The molecule has 232 valence electrons. The van der Waals surface area contributed by atoms with Gasteiger partial charge >= 0.3 is 0 Å². The number of sulfonamides is 1. The summed E-state index contributed by atoms with van der Waals surface area (Å²) >= 11 is 15.9. The van der Waals surface area contributed by atoms with E-state index in [0.29, 0.717) is 45.3 Å². The fraction of sp³-hybridized carbons (Fsp3) is 0.355. The van der Waals surface area contributed by atoms with Gasteiger partial charge in [-0.1, -0.05) is 59.0 Å². The Bertz CT molecular complexity index is 1500. The first-order valence-corrected chi connectivity index (χ1v) is 16.9. The molecule has 3 rings (SSSR count). The van der Waals surface area contributed by atoms with Crippen LogP contribution in [-0.4, -0.2) is 50.4 Å². The average Bonchev–Trinajstić information content (AvgIpc) is 2.97. The van der Waals surface area contributed by atoms with Crippen molar-refractivity contribution in [1.82, 2.24) is 10.2 Å². The van der Waals surface area contributed by atoms with Crippen LogP contribution < -0.4 is 14.4 Å². The Hall–Kier alpha value is -2.79. The summed E-state index contributed by atoms with van der Waals surface area (Å²) in [5.74, 6) is -0.351. The van der Waals surface area contributed by atoms with Gasteiger partial charge in [0.05, 0.1) is 17.2 Å². The second kappa shape index (κ2) is 15.8. The third-order valence-electron chi connectivity index (χ3n) is 6.86. The predicted molar refractivity (Wildman–Crippen MR) is 175 cm³/mol. The zero-order valence-corrected chi connectivity index (χ0v) is 28.4. The van der Waals surface area contributed by atoms with E-state index in [1.165, 1.54) is 17.0 Å². The monoisotopic (exact) mass is 711 g/mol. The molecule has 0 aliphatic carbocycles. The third kappa shape index (κ3) is 9.11. The number of nitrogens with zero attached hydrogens (tertiary/aromatic N) is 2. The SMILES string of the molecule is CCOc1ccc(N(CC(=O)N(Cc2ccc(Cl)cc2Cl)[C@H](CC)C(=O)N[C@@H](C)CC)S(=O)(=O)c2ccc(Br)cc2)cc1. The molecule has 8 nitrogen and oxygen atoms in total. The van der Waals surface area contributed by atoms with Crippen molar-refractivity contribution in [3.05, 3.63) is 86.8 Å². The van der Waals surface area contributed by atoms with Gasteiger partial charge in [0, 0.05) is 27.1 Å². The predicted octanol–water partition coefficient (Wildman–Crippen LogP) is 7.07. The standard InChI is InChI=1S/C31H36BrCl2N3O5S/c1-5-21(4)35-31(39)29(6-2)36(19-22-8-11-24(33)18-28(22)34)30(38)20-37(25-12-14-26(15-13-25)42-7-3)43(40,41)27-16-9-23(32)10-17-27/h8-18,21,29H,5-7,19-20H2,1-4H3,(H,35,39)/t21-,29+/m0/s1. The van der Waals surface area contributed by atoms with Gasteiger partial charge in [-0.2, -0.15) is 0 Å². The van der Waals surface area contributed by atoms with Crippen molar-refractivity contribution in [2.75, 3.05) is 17.5 Å². The molecule has 43 heavy (non-hydrogen) atoms. The van der Waals surface area contributed by atoms with E-state index in [-0.39, 0.29) is 29.1 Å². The van der Waals surface area contributed by atoms with Gasteiger partial charge in [-0.05, 0) is 92.9 Å². The van der Waals surface area contributed by atoms with Crippen molar-refractivity contribution in [2.24, 2.45) is 0 Å². The molecule has 0 radical (unpaired) electrons. The number of hydrogen-bond acceptors (Lipinski definition) is 5. The Labute approximate surface area is 272 Å². The van der Waals surface area contributed by atoms with Crippen molar-refractivity contribution in [3.8, 4) is 5.75 Å². The molecule has 0 aromatic heterocycles. The summed E-state index contributed by atoms with van der Waals surface area (Å²) in [5.41, 5.74) is 0.832. The lowest BCUT2D eigenvalue weighted by atomic mass is 10.1. The maximum Gasteiger partial charge on any atom is 0.264 e. The maximum atomic E-state index is 14.2. The molecule has 3 aromatic carbocycles. The number of carbonyl (C=O) groups excluding carboxylic acids is 2. The van der Waals surface area contributed by atoms with Gasteiger partial charge < -0.3 is 15.0 Å². The number of amides is 2. The summed E-state index contributed by atoms with van der Waals surface area (Å²) in [6, 6.07) is 16.5. The lowest BCUT2D eigenvalue weighted by molar-refractivity contribution is -0.140. The van der Waals surface area contributed by atoms with Crippen LogP contribution in [0.2, 0.25) is 10.0 Å². The molecule has 0 aliphatic heterocycles. The average molecular weight is 714 g/mol. The van der Waals surface area contributed by atoms with Crippen LogP contribution in [0.15, 0.2) is 76.1 Å². The van der Waals surface area contributed by atoms with Gasteiger partial charge in [-0.25, -0.2) is 8.42 Å². The molecule has 0 saturated heterocycles. The molecule has 0 bridgehead atoms. The van der Waals surface area contributed by atoms with Gasteiger partial charge in [0.15, 0.2) is 0 Å². The molecular formula is C31H36BrCl2N3O5S. The van der Waals surface area contributed by atoms with Gasteiger partial charge in [0.1, 0.15) is 18.3 Å². The molecule has 0 heterocycles. The summed E-state index contributed by atoms with van der Waals surface area (Å²) in [6.07, 6.45) is 0.998. The highest BCUT2D eigenvalue weighted by Crippen LogP contribution is 2.29. The lowest BCUT2D eigenvalue weighted by Crippen LogP contribution is -2.53. The second-order valence-electron chi connectivity index (χ2n) is 9.89. The minimum absolute atomic E-state index is 0.00577. The molecule has 1 N–H and O–H groups in total. The normalized spacial score (nSPS) is 12.7. The number of halogens is 3. The van der Waals surface area contributed by atoms with Gasteiger partial charge in [-0.3, -0.25) is 13.9 Å². The van der Waals surface area contributed by atoms with E-state index in [2.05, 4.69) is 21.2 Å². The fourth-order valence-electron chi connectivity index (χ4n) is 4.33. The number of carbonyl (C=O) groups is 2. The zero-order chi connectivity index (χ0) is 31.7. The first kappa shape index (κ1) is 34.7. The topological polar surface area (TPSA) is 96.0 Å². The molecule has 2 amide bonds. The summed E-state index contributed by atoms with van der Waals surface area (Å²) in [4.78, 5) is 29.0. The smallest absolute Gasteiger partial charge is 0.264 e. The van der Waals surface area contributed by atoms with Crippen LogP contribution in [0.25, 0.3) is 0 Å². The Morgan fingerprint density at radius 2 is 1.60 bits per heavy atom. The zero-order valence-electron chi connectivity index (χ0n) is 24.5. The Kier molecular flexibility index (Phi) is 12.7. The lowest BCUT2D eigenvalue weighted by Gasteiger charge is -2.34. The first-order chi connectivity index (χ1) is 20.4. The van der Waals surface area contributed by atoms with Crippen LogP contribution in [0.3, 0.4) is 0 Å². The van der Waals surface area contributed by atoms with E-state index >= 15 is 0 Å². The Morgan fingerprint density at radius 3 is 2.16 bits per heavy atom. The van der Waals surface area contributed by atoms with Crippen molar-refractivity contribution in [3.63, 3.8) is 0 Å². The maximum absolute atomic E-state index is 14.2. The summed E-state index contributed by atoms with van der Waals surface area (Å²) in [5, 5.41) is 3.71. The fourth-order valence-corrected chi connectivity index (χ4v) is 6.48. The van der Waals surface area contributed by atoms with Gasteiger partial charge in [-0.15, -0.1) is 0 Å². The molecule has 0 spiro atoms. The van der Waals surface area contributed by atoms with E-state index in [9.17, 15) is 18.0 Å². The molecule has 0 unspecified atom stereocenters. The molecule has 2 atom stereocenters. The van der Waals surface area contributed by atoms with E-state index in [0.717, 1.165) is 4.31 Å². The van der Waals surface area contributed by atoms with Crippen molar-refractivity contribution >= 4 is 66.7 Å². The van der Waals surface area contributed by atoms with E-state index < -0.39 is 28.5 Å². The van der Waals surface area contributed by atoms with Crippen LogP contribution in [0, 0.1) is 0 Å². The van der Waals surface area contributed by atoms with E-state index in [1.807, 2.05) is 20.8 Å². The minimum atomic E-state index is -4.21. The first-order valence-electron chi connectivity index (χ1n) is 14.0. The van der Waals surface area contributed by atoms with Crippen LogP contribution in [0.4, 0.5) is 5.69 Å². The Balaban J connectivity index is 2.08. The largest absolute Gasteiger partial charge is 0.494 e. The van der Waals surface area contributed by atoms with Gasteiger partial charge in [0.25, 0.3) is 10.0 Å². The second-order valence-corrected chi connectivity index (χ2v) is 13.5. The molecular weight excluding hydrogens is 677 g/mol. The molecule has 12 heteroatoms. The number of ether oxygens (including phenoxy) is 1. The van der Waals surface area contributed by atoms with Crippen LogP contribution in [-0.2, 0) is 26.2 Å². The summed E-state index contributed by atoms with van der Waals surface area (Å²) in [6.45, 7) is 7.32. The highest BCUT2D eigenvalue weighted by molar-refractivity contribution is 9.10. The molecule has 0 fully saturated rings. The minimum Gasteiger partial charge on any atom is -0.494 e. The summed E-state index contributed by atoms with van der Waals surface area (Å²) in [7, 11) is -4.21. The number of nitrogens with one attached hydrogen (secondary N) is 1. The number of rotatable bonds is 14. The highest BCUT2D eigenvalue weighted by atomic mass is 79.9. The van der Waals surface area contributed by atoms with Crippen LogP contribution in [0.1, 0.15) is 46.1 Å². The van der Waals surface area contributed by atoms with E-state index in [1.54, 1.807) is 61.5 Å². The van der Waals surface area contributed by atoms with Crippen molar-refractivity contribution < 1.29 is 22.7 Å². The number of anilines is 1. The number of benzene rings is 3. The molecule has 0 saturated carbocycles. The Morgan fingerprint density at radius 1 is 0.953 bits per heavy atom.